The van der Waals surface area contributed by atoms with Crippen LogP contribution in [0.4, 0.5) is 5.69 Å². The Morgan fingerprint density at radius 2 is 1.63 bits per heavy atom. The third-order valence-corrected chi connectivity index (χ3v) is 5.29. The van der Waals surface area contributed by atoms with Crippen LogP contribution in [0.3, 0.4) is 0 Å². The summed E-state index contributed by atoms with van der Waals surface area (Å²) in [5, 5.41) is 8.88. The molecular weight excluding hydrogens is 394 g/mol. The topological polar surface area (TPSA) is 70.2 Å². The Kier molecular flexibility index (Phi) is 7.74. The minimum atomic E-state index is -0.309. The van der Waals surface area contributed by atoms with E-state index in [1.807, 2.05) is 31.2 Å². The van der Waals surface area contributed by atoms with Gasteiger partial charge in [0.2, 0.25) is 5.91 Å². The van der Waals surface area contributed by atoms with Crippen molar-refractivity contribution in [3.8, 4) is 0 Å². The number of rotatable bonds is 5. The van der Waals surface area contributed by atoms with Crippen molar-refractivity contribution in [1.29, 1.82) is 0 Å². The Hall–Kier alpha value is -2.99. The van der Waals surface area contributed by atoms with Gasteiger partial charge < -0.3 is 10.6 Å². The first-order chi connectivity index (χ1) is 14.5. The number of thiocarbonyl (C=S) groups is 1. The highest BCUT2D eigenvalue weighted by molar-refractivity contribution is 7.80. The molecule has 2 aromatic rings. The molecule has 156 valence electrons. The van der Waals surface area contributed by atoms with Crippen LogP contribution < -0.4 is 16.0 Å². The quantitative estimate of drug-likeness (QED) is 0.488. The smallest absolute Gasteiger partial charge is 0.251 e. The van der Waals surface area contributed by atoms with Crippen molar-refractivity contribution in [2.45, 2.75) is 45.1 Å². The van der Waals surface area contributed by atoms with Gasteiger partial charge in [0.25, 0.3) is 5.91 Å². The average Bonchev–Trinajstić information content (AvgIpc) is 2.74. The first-order valence-corrected chi connectivity index (χ1v) is 10.7. The first kappa shape index (κ1) is 21.7. The van der Waals surface area contributed by atoms with Gasteiger partial charge in [-0.1, -0.05) is 49.1 Å². The third-order valence-electron chi connectivity index (χ3n) is 5.09. The maximum absolute atomic E-state index is 12.4. The summed E-state index contributed by atoms with van der Waals surface area (Å²) in [6.07, 6.45) is 8.89. The molecule has 0 radical (unpaired) electrons. The highest BCUT2D eigenvalue weighted by atomic mass is 32.1. The molecule has 5 nitrogen and oxygen atoms in total. The second kappa shape index (κ2) is 10.7. The zero-order valence-corrected chi connectivity index (χ0v) is 17.9. The Labute approximate surface area is 183 Å². The number of anilines is 1. The SMILES string of the molecule is Cc1ccc(/C=C/C(=O)NC(=S)Nc2ccc(C(=O)NC3CCCCC3)cc2)cc1. The van der Waals surface area contributed by atoms with Gasteiger partial charge in [-0.2, -0.15) is 0 Å². The summed E-state index contributed by atoms with van der Waals surface area (Å²) in [5.41, 5.74) is 3.43. The molecule has 0 aromatic heterocycles. The Bertz CT molecular complexity index is 914. The van der Waals surface area contributed by atoms with Crippen molar-refractivity contribution >= 4 is 40.9 Å². The van der Waals surface area contributed by atoms with Crippen molar-refractivity contribution in [3.05, 3.63) is 71.3 Å². The molecule has 1 aliphatic carbocycles. The van der Waals surface area contributed by atoms with Crippen molar-refractivity contribution in [3.63, 3.8) is 0 Å². The van der Waals surface area contributed by atoms with Crippen LogP contribution in [0.15, 0.2) is 54.6 Å². The van der Waals surface area contributed by atoms with Crippen LogP contribution >= 0.6 is 12.2 Å². The summed E-state index contributed by atoms with van der Waals surface area (Å²) in [6, 6.07) is 15.2. The minimum Gasteiger partial charge on any atom is -0.349 e. The van der Waals surface area contributed by atoms with Crippen molar-refractivity contribution in [1.82, 2.24) is 10.6 Å². The van der Waals surface area contributed by atoms with Crippen molar-refractivity contribution < 1.29 is 9.59 Å². The minimum absolute atomic E-state index is 0.0504. The van der Waals surface area contributed by atoms with Crippen molar-refractivity contribution in [2.24, 2.45) is 0 Å². The predicted molar refractivity (Wildman–Crippen MR) is 125 cm³/mol. The van der Waals surface area contributed by atoms with Crippen LogP contribution in [0.5, 0.6) is 0 Å². The highest BCUT2D eigenvalue weighted by Crippen LogP contribution is 2.18. The molecule has 1 fully saturated rings. The van der Waals surface area contributed by atoms with Crippen LogP contribution in [-0.2, 0) is 4.79 Å². The van der Waals surface area contributed by atoms with Gasteiger partial charge in [-0.25, -0.2) is 0 Å². The number of aryl methyl sites for hydroxylation is 1. The standard InChI is InChI=1S/C24H27N3O2S/c1-17-7-9-18(10-8-17)11-16-22(28)27-24(30)26-21-14-12-19(13-15-21)23(29)25-20-5-3-2-4-6-20/h7-16,20H,2-6H2,1H3,(H,25,29)(H2,26,27,28,30)/b16-11+. The number of amides is 2. The summed E-state index contributed by atoms with van der Waals surface area (Å²) in [7, 11) is 0. The van der Waals surface area contributed by atoms with Crippen LogP contribution in [0.25, 0.3) is 6.08 Å². The number of nitrogens with one attached hydrogen (secondary N) is 3. The Balaban J connectivity index is 1.47. The largest absolute Gasteiger partial charge is 0.349 e. The van der Waals surface area contributed by atoms with E-state index in [1.165, 1.54) is 30.9 Å². The first-order valence-electron chi connectivity index (χ1n) is 10.3. The van der Waals surface area contributed by atoms with E-state index in [9.17, 15) is 9.59 Å². The molecule has 2 amide bonds. The lowest BCUT2D eigenvalue weighted by atomic mass is 9.95. The fraction of sp³-hybridized carbons (Fsp3) is 0.292. The zero-order chi connectivity index (χ0) is 21.3. The molecule has 6 heteroatoms. The molecule has 1 aliphatic rings. The average molecular weight is 422 g/mol. The Morgan fingerprint density at radius 3 is 2.30 bits per heavy atom. The lowest BCUT2D eigenvalue weighted by molar-refractivity contribution is -0.115. The molecule has 0 aliphatic heterocycles. The van der Waals surface area contributed by atoms with Gasteiger partial charge in [0.05, 0.1) is 0 Å². The molecule has 0 unspecified atom stereocenters. The molecule has 30 heavy (non-hydrogen) atoms. The molecule has 1 saturated carbocycles. The van der Waals surface area contributed by atoms with Gasteiger partial charge in [-0.15, -0.1) is 0 Å². The van der Waals surface area contributed by atoms with E-state index in [1.54, 1.807) is 30.3 Å². The molecule has 0 atom stereocenters. The number of hydrogen-bond donors (Lipinski definition) is 3. The molecule has 0 heterocycles. The van der Waals surface area contributed by atoms with Gasteiger partial charge >= 0.3 is 0 Å². The molecule has 3 rings (SSSR count). The fourth-order valence-corrected chi connectivity index (χ4v) is 3.60. The Morgan fingerprint density at radius 1 is 0.967 bits per heavy atom. The van der Waals surface area contributed by atoms with E-state index in [0.29, 0.717) is 11.3 Å². The van der Waals surface area contributed by atoms with Gasteiger partial charge in [-0.3, -0.25) is 14.9 Å². The number of hydrogen-bond acceptors (Lipinski definition) is 3. The summed E-state index contributed by atoms with van der Waals surface area (Å²) in [5.74, 6) is -0.359. The normalized spacial score (nSPS) is 14.3. The lowest BCUT2D eigenvalue weighted by Crippen LogP contribution is -2.36. The van der Waals surface area contributed by atoms with Gasteiger partial charge in [0.1, 0.15) is 0 Å². The number of benzene rings is 2. The maximum Gasteiger partial charge on any atom is 0.251 e. The zero-order valence-electron chi connectivity index (χ0n) is 17.1. The molecule has 0 spiro atoms. The second-order valence-electron chi connectivity index (χ2n) is 7.57. The van der Waals surface area contributed by atoms with Gasteiger partial charge in [0, 0.05) is 23.4 Å². The summed E-state index contributed by atoms with van der Waals surface area (Å²) in [6.45, 7) is 2.01. The van der Waals surface area contributed by atoms with Crippen LogP contribution in [0.2, 0.25) is 0 Å². The molecule has 0 bridgehead atoms. The van der Waals surface area contributed by atoms with Crippen LogP contribution in [0.1, 0.15) is 53.6 Å². The van der Waals surface area contributed by atoms with Crippen LogP contribution in [0, 0.1) is 6.92 Å². The maximum atomic E-state index is 12.4. The molecular formula is C24H27N3O2S. The van der Waals surface area contributed by atoms with E-state index in [4.69, 9.17) is 12.2 Å². The molecule has 3 N–H and O–H groups in total. The lowest BCUT2D eigenvalue weighted by Gasteiger charge is -2.22. The summed E-state index contributed by atoms with van der Waals surface area (Å²) in [4.78, 5) is 24.4. The van der Waals surface area contributed by atoms with E-state index in [2.05, 4.69) is 16.0 Å². The van der Waals surface area contributed by atoms with Gasteiger partial charge in [0.15, 0.2) is 5.11 Å². The van der Waals surface area contributed by atoms with Crippen LogP contribution in [-0.4, -0.2) is 23.0 Å². The third kappa shape index (κ3) is 6.81. The van der Waals surface area contributed by atoms with E-state index < -0.39 is 0 Å². The molecule has 2 aromatic carbocycles. The number of carbonyl (C=O) groups excluding carboxylic acids is 2. The van der Waals surface area contributed by atoms with E-state index >= 15 is 0 Å². The summed E-state index contributed by atoms with van der Waals surface area (Å²) < 4.78 is 0. The monoisotopic (exact) mass is 421 g/mol. The van der Waals surface area contributed by atoms with E-state index in [-0.39, 0.29) is 23.0 Å². The highest BCUT2D eigenvalue weighted by Gasteiger charge is 2.16. The predicted octanol–water partition coefficient (Wildman–Crippen LogP) is 4.58. The van der Waals surface area contributed by atoms with E-state index in [0.717, 1.165) is 18.4 Å². The molecule has 0 saturated heterocycles. The number of carbonyl (C=O) groups is 2. The van der Waals surface area contributed by atoms with Crippen molar-refractivity contribution in [2.75, 3.05) is 5.32 Å². The second-order valence-corrected chi connectivity index (χ2v) is 7.98. The summed E-state index contributed by atoms with van der Waals surface area (Å²) >= 11 is 5.20. The fourth-order valence-electron chi connectivity index (χ4n) is 3.39. The van der Waals surface area contributed by atoms with Gasteiger partial charge in [-0.05, 0) is 67.9 Å².